The largest absolute Gasteiger partial charge is 0.341 e. The molecule has 3 aromatic carbocycles. The SMILES string of the molecule is CC#CCC/C(=N\OC(C)=O)c1ccc2c(c1)c1cc(C(=O)c3ccccc3C)ccc1n2CC. The number of nitrogens with zero attached hydrogens (tertiary/aromatic N) is 2. The van der Waals surface area contributed by atoms with Crippen molar-refractivity contribution >= 4 is 39.3 Å². The third kappa shape index (κ3) is 4.88. The van der Waals surface area contributed by atoms with Gasteiger partial charge in [0.05, 0.1) is 5.71 Å². The summed E-state index contributed by atoms with van der Waals surface area (Å²) in [4.78, 5) is 29.7. The van der Waals surface area contributed by atoms with Crippen molar-refractivity contribution in [1.82, 2.24) is 4.57 Å². The molecule has 0 aliphatic rings. The Balaban J connectivity index is 1.87. The number of hydrogen-bond donors (Lipinski definition) is 0. The summed E-state index contributed by atoms with van der Waals surface area (Å²) < 4.78 is 2.24. The van der Waals surface area contributed by atoms with Gasteiger partial charge >= 0.3 is 5.97 Å². The summed E-state index contributed by atoms with van der Waals surface area (Å²) in [6.07, 6.45) is 1.17. The summed E-state index contributed by atoms with van der Waals surface area (Å²) in [5.74, 6) is 5.48. The standard InChI is InChI=1S/C30H28N2O3/c1-5-7-8-13-27(31-35-21(4)33)22-14-16-28-25(18-22)26-19-23(15-17-29(26)32(28)6-2)30(34)24-12-10-9-11-20(24)3/h9-12,14-19H,6,8,13H2,1-4H3/b31-27+. The number of carbonyl (C=O) groups excluding carboxylic acids is 2. The molecule has 0 radical (unpaired) electrons. The Morgan fingerprint density at radius 1 is 0.971 bits per heavy atom. The molecule has 0 spiro atoms. The second-order valence-electron chi connectivity index (χ2n) is 8.40. The zero-order chi connectivity index (χ0) is 24.9. The molecule has 5 heteroatoms. The molecule has 35 heavy (non-hydrogen) atoms. The molecule has 0 aliphatic heterocycles. The number of aromatic nitrogens is 1. The average molecular weight is 465 g/mol. The predicted molar refractivity (Wildman–Crippen MR) is 141 cm³/mol. The highest BCUT2D eigenvalue weighted by Crippen LogP contribution is 2.32. The Kier molecular flexibility index (Phi) is 7.12. The van der Waals surface area contributed by atoms with Gasteiger partial charge in [-0.15, -0.1) is 11.8 Å². The number of aryl methyl sites for hydroxylation is 2. The van der Waals surface area contributed by atoms with Crippen molar-refractivity contribution in [2.24, 2.45) is 5.16 Å². The van der Waals surface area contributed by atoms with Crippen LogP contribution in [0.4, 0.5) is 0 Å². The molecule has 1 heterocycles. The summed E-state index contributed by atoms with van der Waals surface area (Å²) in [5, 5.41) is 6.14. The molecule has 0 N–H and O–H groups in total. The molecular weight excluding hydrogens is 436 g/mol. The van der Waals surface area contributed by atoms with Gasteiger partial charge in [-0.05, 0) is 56.7 Å². The van der Waals surface area contributed by atoms with Crippen LogP contribution in [0.15, 0.2) is 65.8 Å². The molecule has 0 saturated carbocycles. The lowest BCUT2D eigenvalue weighted by atomic mass is 9.97. The lowest BCUT2D eigenvalue weighted by Gasteiger charge is -2.06. The lowest BCUT2D eigenvalue weighted by Crippen LogP contribution is -2.04. The fraction of sp³-hybridized carbons (Fsp3) is 0.233. The van der Waals surface area contributed by atoms with Gasteiger partial charge in [-0.3, -0.25) is 4.79 Å². The first-order valence-corrected chi connectivity index (χ1v) is 11.7. The van der Waals surface area contributed by atoms with Crippen molar-refractivity contribution in [3.8, 4) is 11.8 Å². The molecule has 5 nitrogen and oxygen atoms in total. The van der Waals surface area contributed by atoms with Crippen LogP contribution in [-0.4, -0.2) is 22.0 Å². The van der Waals surface area contributed by atoms with E-state index in [4.69, 9.17) is 4.84 Å². The van der Waals surface area contributed by atoms with E-state index in [1.165, 1.54) is 6.92 Å². The van der Waals surface area contributed by atoms with Crippen LogP contribution in [0, 0.1) is 18.8 Å². The molecule has 0 atom stereocenters. The molecule has 0 aliphatic carbocycles. The molecule has 176 valence electrons. The highest BCUT2D eigenvalue weighted by Gasteiger charge is 2.17. The Morgan fingerprint density at radius 2 is 1.63 bits per heavy atom. The summed E-state index contributed by atoms with van der Waals surface area (Å²) in [7, 11) is 0. The molecule has 4 aromatic rings. The fourth-order valence-corrected chi connectivity index (χ4v) is 4.42. The maximum Gasteiger partial charge on any atom is 0.331 e. The van der Waals surface area contributed by atoms with Gasteiger partial charge in [-0.1, -0.05) is 35.5 Å². The summed E-state index contributed by atoms with van der Waals surface area (Å²) >= 11 is 0. The van der Waals surface area contributed by atoms with Gasteiger partial charge < -0.3 is 9.40 Å². The minimum absolute atomic E-state index is 0.00815. The maximum atomic E-state index is 13.3. The van der Waals surface area contributed by atoms with Gasteiger partial charge in [0.25, 0.3) is 0 Å². The third-order valence-electron chi connectivity index (χ3n) is 6.11. The number of carbonyl (C=O) groups is 2. The second-order valence-corrected chi connectivity index (χ2v) is 8.40. The zero-order valence-electron chi connectivity index (χ0n) is 20.5. The molecule has 0 unspecified atom stereocenters. The van der Waals surface area contributed by atoms with E-state index in [9.17, 15) is 9.59 Å². The first-order chi connectivity index (χ1) is 16.9. The average Bonchev–Trinajstić information content (AvgIpc) is 3.18. The van der Waals surface area contributed by atoms with E-state index in [1.807, 2.05) is 55.5 Å². The fourth-order valence-electron chi connectivity index (χ4n) is 4.42. The van der Waals surface area contributed by atoms with E-state index in [0.29, 0.717) is 29.7 Å². The highest BCUT2D eigenvalue weighted by molar-refractivity contribution is 6.16. The van der Waals surface area contributed by atoms with Crippen LogP contribution < -0.4 is 0 Å². The highest BCUT2D eigenvalue weighted by atomic mass is 16.7. The molecule has 1 aromatic heterocycles. The van der Waals surface area contributed by atoms with Crippen LogP contribution in [0.5, 0.6) is 0 Å². The molecule has 4 rings (SSSR count). The van der Waals surface area contributed by atoms with Crippen molar-refractivity contribution in [2.45, 2.75) is 47.1 Å². The van der Waals surface area contributed by atoms with Gasteiger partial charge in [0.15, 0.2) is 5.78 Å². The first-order valence-electron chi connectivity index (χ1n) is 11.7. The Labute approximate surface area is 205 Å². The van der Waals surface area contributed by atoms with E-state index in [0.717, 1.165) is 39.5 Å². The van der Waals surface area contributed by atoms with Gasteiger partial charge in [-0.25, -0.2) is 4.79 Å². The van der Waals surface area contributed by atoms with Gasteiger partial charge in [-0.2, -0.15) is 0 Å². The number of benzene rings is 3. The normalized spacial score (nSPS) is 11.4. The molecular formula is C30H28N2O3. The number of hydrogen-bond acceptors (Lipinski definition) is 4. The molecule has 0 fully saturated rings. The summed E-state index contributed by atoms with van der Waals surface area (Å²) in [6, 6.07) is 19.7. The second kappa shape index (κ2) is 10.4. The first kappa shape index (κ1) is 24.0. The van der Waals surface area contributed by atoms with Gasteiger partial charge in [0, 0.05) is 64.8 Å². The van der Waals surface area contributed by atoms with E-state index in [-0.39, 0.29) is 5.78 Å². The van der Waals surface area contributed by atoms with Crippen molar-refractivity contribution in [3.63, 3.8) is 0 Å². The molecule has 0 saturated heterocycles. The monoisotopic (exact) mass is 464 g/mol. The van der Waals surface area contributed by atoms with Gasteiger partial charge in [0.2, 0.25) is 0 Å². The Hall–Kier alpha value is -4.17. The van der Waals surface area contributed by atoms with Crippen LogP contribution >= 0.6 is 0 Å². The Morgan fingerprint density at radius 3 is 2.26 bits per heavy atom. The Bertz CT molecular complexity index is 1530. The zero-order valence-corrected chi connectivity index (χ0v) is 20.5. The molecule has 0 amide bonds. The number of rotatable bonds is 7. The van der Waals surface area contributed by atoms with Crippen molar-refractivity contribution < 1.29 is 14.4 Å². The minimum atomic E-state index is -0.466. The van der Waals surface area contributed by atoms with Crippen LogP contribution in [-0.2, 0) is 16.2 Å². The summed E-state index contributed by atoms with van der Waals surface area (Å²) in [5.41, 5.74) is 5.98. The smallest absolute Gasteiger partial charge is 0.331 e. The minimum Gasteiger partial charge on any atom is -0.341 e. The predicted octanol–water partition coefficient (Wildman–Crippen LogP) is 6.42. The van der Waals surface area contributed by atoms with E-state index < -0.39 is 5.97 Å². The van der Waals surface area contributed by atoms with Crippen molar-refractivity contribution in [1.29, 1.82) is 0 Å². The van der Waals surface area contributed by atoms with E-state index in [1.54, 1.807) is 6.92 Å². The van der Waals surface area contributed by atoms with E-state index in [2.05, 4.69) is 40.6 Å². The van der Waals surface area contributed by atoms with Crippen molar-refractivity contribution in [2.75, 3.05) is 0 Å². The van der Waals surface area contributed by atoms with Crippen LogP contribution in [0.2, 0.25) is 0 Å². The number of ketones is 1. The topological polar surface area (TPSA) is 60.7 Å². The van der Waals surface area contributed by atoms with Crippen molar-refractivity contribution in [3.05, 3.63) is 82.9 Å². The third-order valence-corrected chi connectivity index (χ3v) is 6.11. The number of oxime groups is 1. The lowest BCUT2D eigenvalue weighted by molar-refractivity contribution is -0.140. The quantitative estimate of drug-likeness (QED) is 0.104. The maximum absolute atomic E-state index is 13.3. The van der Waals surface area contributed by atoms with Crippen LogP contribution in [0.3, 0.4) is 0 Å². The van der Waals surface area contributed by atoms with Crippen LogP contribution in [0.25, 0.3) is 21.8 Å². The van der Waals surface area contributed by atoms with Gasteiger partial charge in [0.1, 0.15) is 0 Å². The van der Waals surface area contributed by atoms with Crippen LogP contribution in [0.1, 0.15) is 60.7 Å². The summed E-state index contributed by atoms with van der Waals surface area (Å²) in [6.45, 7) is 7.98. The van der Waals surface area contributed by atoms with E-state index >= 15 is 0 Å². The number of fused-ring (bicyclic) bond motifs is 3. The molecule has 0 bridgehead atoms.